The molecule has 5 aromatic carbocycles. The molecule has 0 radical (unpaired) electrons. The zero-order valence-corrected chi connectivity index (χ0v) is 20.8. The summed E-state index contributed by atoms with van der Waals surface area (Å²) in [6, 6.07) is 29.3. The van der Waals surface area contributed by atoms with E-state index in [0.717, 1.165) is 0 Å². The number of aryl methyl sites for hydroxylation is 1. The molecule has 164 valence electrons. The molecule has 0 amide bonds. The molecular formula is C33H27P. The summed E-state index contributed by atoms with van der Waals surface area (Å²) in [4.78, 5) is 0. The number of rotatable bonds is 3. The molecule has 0 aliphatic rings. The molecule has 0 saturated carbocycles. The molecule has 1 heterocycles. The standard InChI is InChI=1S/C33H27P/c1-5-12-23-18-30-29-19-25-17-24-15-10-11-16-27(24)32(22-13-8-7-9-14-22)28(25)20-31(29)34(4)33(30)26(6-2)21(23)3/h5-20H,2H2,1,3-4H3/b12-5-. The van der Waals surface area contributed by atoms with Crippen molar-refractivity contribution in [3.8, 4) is 11.1 Å². The van der Waals surface area contributed by atoms with Crippen molar-refractivity contribution in [2.45, 2.75) is 13.8 Å². The summed E-state index contributed by atoms with van der Waals surface area (Å²) in [5, 5.41) is 11.0. The van der Waals surface area contributed by atoms with Gasteiger partial charge in [0.25, 0.3) is 0 Å². The quantitative estimate of drug-likeness (QED) is 0.233. The highest BCUT2D eigenvalue weighted by Crippen LogP contribution is 2.52. The molecule has 0 nitrogen and oxygen atoms in total. The molecule has 0 spiro atoms. The molecule has 0 fully saturated rings. The van der Waals surface area contributed by atoms with E-state index in [0.29, 0.717) is 0 Å². The van der Waals surface area contributed by atoms with Gasteiger partial charge in [0.15, 0.2) is 0 Å². The van der Waals surface area contributed by atoms with E-state index in [1.54, 1.807) is 0 Å². The fourth-order valence-electron chi connectivity index (χ4n) is 5.61. The van der Waals surface area contributed by atoms with Crippen LogP contribution in [0.3, 0.4) is 0 Å². The van der Waals surface area contributed by atoms with Crippen molar-refractivity contribution in [2.24, 2.45) is 6.66 Å². The topological polar surface area (TPSA) is 0 Å². The molecule has 6 aromatic rings. The van der Waals surface area contributed by atoms with Crippen LogP contribution in [0.1, 0.15) is 23.6 Å². The Labute approximate surface area is 201 Å². The van der Waals surface area contributed by atoms with Gasteiger partial charge in [-0.05, 0) is 105 Å². The number of hydrogen-bond acceptors (Lipinski definition) is 0. The normalized spacial score (nSPS) is 12.5. The minimum absolute atomic E-state index is 0.454. The lowest BCUT2D eigenvalue weighted by molar-refractivity contribution is 1.46. The fraction of sp³-hybridized carbons (Fsp3) is 0.0909. The number of fused-ring (bicyclic) bond motifs is 5. The Morgan fingerprint density at radius 2 is 1.53 bits per heavy atom. The van der Waals surface area contributed by atoms with Gasteiger partial charge in [0.05, 0.1) is 0 Å². The van der Waals surface area contributed by atoms with Gasteiger partial charge in [0, 0.05) is 10.2 Å². The average Bonchev–Trinajstić information content (AvgIpc) is 3.13. The summed E-state index contributed by atoms with van der Waals surface area (Å²) in [5.74, 6) is 0. The van der Waals surface area contributed by atoms with Crippen LogP contribution in [0.4, 0.5) is 0 Å². The summed E-state index contributed by atoms with van der Waals surface area (Å²) in [7, 11) is -0.454. The van der Waals surface area contributed by atoms with Crippen LogP contribution in [0.25, 0.3) is 65.8 Å². The van der Waals surface area contributed by atoms with Crippen LogP contribution in [0.15, 0.2) is 91.5 Å². The summed E-state index contributed by atoms with van der Waals surface area (Å²) in [6.07, 6.45) is 6.42. The summed E-state index contributed by atoms with van der Waals surface area (Å²) >= 11 is 0. The second-order valence-electron chi connectivity index (χ2n) is 9.09. The minimum atomic E-state index is -0.454. The number of allylic oxidation sites excluding steroid dienone is 1. The van der Waals surface area contributed by atoms with Gasteiger partial charge in [-0.1, -0.05) is 79.4 Å². The summed E-state index contributed by atoms with van der Waals surface area (Å²) in [5.41, 5.74) is 6.54. The van der Waals surface area contributed by atoms with E-state index in [-0.39, 0.29) is 0 Å². The molecule has 1 heteroatoms. The van der Waals surface area contributed by atoms with Gasteiger partial charge in [0.2, 0.25) is 0 Å². The van der Waals surface area contributed by atoms with Crippen molar-refractivity contribution in [2.75, 3.05) is 0 Å². The Balaban J connectivity index is 1.83. The van der Waals surface area contributed by atoms with Gasteiger partial charge in [-0.15, -0.1) is 7.53 Å². The maximum Gasteiger partial charge on any atom is 0.00963 e. The van der Waals surface area contributed by atoms with Gasteiger partial charge < -0.3 is 0 Å². The summed E-state index contributed by atoms with van der Waals surface area (Å²) in [6.45, 7) is 10.9. The Bertz CT molecular complexity index is 1780. The smallest absolute Gasteiger partial charge is 0.00963 e. The van der Waals surface area contributed by atoms with Crippen molar-refractivity contribution in [3.63, 3.8) is 0 Å². The van der Waals surface area contributed by atoms with Crippen LogP contribution in [-0.2, 0) is 6.66 Å². The first-order valence-corrected chi connectivity index (χ1v) is 13.6. The maximum atomic E-state index is 4.20. The largest absolute Gasteiger partial charge is 0.111 e. The molecule has 0 bridgehead atoms. The fourth-order valence-corrected chi connectivity index (χ4v) is 7.89. The van der Waals surface area contributed by atoms with Gasteiger partial charge in [-0.25, -0.2) is 0 Å². The monoisotopic (exact) mass is 454 g/mol. The van der Waals surface area contributed by atoms with E-state index in [9.17, 15) is 0 Å². The van der Waals surface area contributed by atoms with E-state index in [1.165, 1.54) is 70.4 Å². The Morgan fingerprint density at radius 1 is 0.765 bits per heavy atom. The molecule has 1 atom stereocenters. The van der Waals surface area contributed by atoms with Crippen molar-refractivity contribution in [3.05, 3.63) is 108 Å². The average molecular weight is 455 g/mol. The minimum Gasteiger partial charge on any atom is -0.111 e. The third-order valence-electron chi connectivity index (χ3n) is 7.23. The Kier molecular flexibility index (Phi) is 4.94. The lowest BCUT2D eigenvalue weighted by atomic mass is 9.91. The lowest BCUT2D eigenvalue weighted by Gasteiger charge is -2.13. The Hall–Kier alpha value is -3.60. The molecular weight excluding hydrogens is 427 g/mol. The van der Waals surface area contributed by atoms with Crippen LogP contribution in [-0.4, -0.2) is 0 Å². The predicted octanol–water partition coefficient (Wildman–Crippen LogP) is 10.5. The molecule has 0 aliphatic carbocycles. The molecule has 34 heavy (non-hydrogen) atoms. The van der Waals surface area contributed by atoms with Gasteiger partial charge in [-0.2, -0.15) is 0 Å². The van der Waals surface area contributed by atoms with Crippen LogP contribution in [0, 0.1) is 6.92 Å². The molecule has 0 aliphatic heterocycles. The molecule has 0 saturated heterocycles. The summed E-state index contributed by atoms with van der Waals surface area (Å²) < 4.78 is 0. The maximum absolute atomic E-state index is 4.20. The number of hydrogen-bond donors (Lipinski definition) is 0. The first-order valence-electron chi connectivity index (χ1n) is 11.8. The van der Waals surface area contributed by atoms with E-state index in [1.807, 2.05) is 0 Å². The molecule has 6 rings (SSSR count). The molecule has 1 aromatic heterocycles. The van der Waals surface area contributed by atoms with E-state index >= 15 is 0 Å². The molecule has 1 unspecified atom stereocenters. The van der Waals surface area contributed by atoms with Crippen molar-refractivity contribution in [1.29, 1.82) is 0 Å². The van der Waals surface area contributed by atoms with Crippen LogP contribution in [0.5, 0.6) is 0 Å². The highest BCUT2D eigenvalue weighted by atomic mass is 31.1. The first-order chi connectivity index (χ1) is 16.6. The molecule has 0 N–H and O–H groups in total. The second-order valence-corrected chi connectivity index (χ2v) is 11.1. The zero-order valence-electron chi connectivity index (χ0n) is 19.9. The van der Waals surface area contributed by atoms with E-state index < -0.39 is 7.53 Å². The highest BCUT2D eigenvalue weighted by Gasteiger charge is 2.18. The van der Waals surface area contributed by atoms with Crippen molar-refractivity contribution in [1.82, 2.24) is 0 Å². The van der Waals surface area contributed by atoms with Crippen LogP contribution >= 0.6 is 7.53 Å². The van der Waals surface area contributed by atoms with Crippen molar-refractivity contribution < 1.29 is 0 Å². The Morgan fingerprint density at radius 3 is 2.29 bits per heavy atom. The predicted molar refractivity (Wildman–Crippen MR) is 155 cm³/mol. The first kappa shape index (κ1) is 21.0. The van der Waals surface area contributed by atoms with E-state index in [2.05, 4.69) is 124 Å². The van der Waals surface area contributed by atoms with Gasteiger partial charge in [-0.3, -0.25) is 0 Å². The highest BCUT2D eigenvalue weighted by molar-refractivity contribution is 7.60. The van der Waals surface area contributed by atoms with Gasteiger partial charge >= 0.3 is 0 Å². The lowest BCUT2D eigenvalue weighted by Crippen LogP contribution is -1.87. The SMILES string of the molecule is C=Cc1c(C)c(/C=C\C)cc2c3cc4cc5ccccc5c(-c5ccccc5)c4cc3p(C)c12. The van der Waals surface area contributed by atoms with Gasteiger partial charge in [0.1, 0.15) is 0 Å². The number of benzene rings is 5. The third-order valence-corrected chi connectivity index (χ3v) is 9.47. The van der Waals surface area contributed by atoms with Crippen LogP contribution in [0.2, 0.25) is 0 Å². The third kappa shape index (κ3) is 2.99. The zero-order chi connectivity index (χ0) is 23.4. The second kappa shape index (κ2) is 8.01. The van der Waals surface area contributed by atoms with Crippen molar-refractivity contribution >= 4 is 62.2 Å². The van der Waals surface area contributed by atoms with Crippen LogP contribution < -0.4 is 0 Å². The van der Waals surface area contributed by atoms with E-state index in [4.69, 9.17) is 0 Å².